The second-order valence-corrected chi connectivity index (χ2v) is 21.5. The van der Waals surface area contributed by atoms with E-state index in [0.29, 0.717) is 70.1 Å². The average Bonchev–Trinajstić information content (AvgIpc) is 4.08. The fourth-order valence-electron chi connectivity index (χ4n) is 12.3. The molecule has 2 bridgehead atoms. The molecule has 12 rings (SSSR count). The molecule has 0 spiro atoms. The van der Waals surface area contributed by atoms with Crippen LogP contribution in [0.5, 0.6) is 11.8 Å². The van der Waals surface area contributed by atoms with E-state index in [9.17, 15) is 29.0 Å². The number of benzene rings is 3. The number of likely N-dealkylation sites (tertiary alicyclic amines) is 2. The Balaban J connectivity index is 0.000000163. The summed E-state index contributed by atoms with van der Waals surface area (Å²) in [7, 11) is 2.06. The zero-order valence-corrected chi connectivity index (χ0v) is 42.2. The van der Waals surface area contributed by atoms with Crippen molar-refractivity contribution in [1.82, 2.24) is 40.3 Å². The molecule has 74 heavy (non-hydrogen) atoms. The van der Waals surface area contributed by atoms with E-state index in [-0.39, 0.29) is 64.5 Å². The Morgan fingerprint density at radius 2 is 1.68 bits per heavy atom. The minimum atomic E-state index is -0.716. The van der Waals surface area contributed by atoms with Crippen molar-refractivity contribution < 1.29 is 38.1 Å². The predicted octanol–water partition coefficient (Wildman–Crippen LogP) is 6.00. The molecule has 388 valence electrons. The number of hydrogen-bond donors (Lipinski definition) is 4. The molecule has 4 N–H and O–H groups in total. The van der Waals surface area contributed by atoms with Gasteiger partial charge in [0.05, 0.1) is 27.8 Å². The average molecular weight is 1030 g/mol. The van der Waals surface area contributed by atoms with Gasteiger partial charge in [-0.2, -0.15) is 9.97 Å². The number of aliphatic hydroxyl groups is 1. The Morgan fingerprint density at radius 3 is 2.39 bits per heavy atom. The monoisotopic (exact) mass is 1030 g/mol. The number of ether oxygens (including phenoxy) is 1. The minimum Gasteiger partial charge on any atom is -0.508 e. The number of pyridine rings is 1. The van der Waals surface area contributed by atoms with Gasteiger partial charge in [0.1, 0.15) is 41.2 Å². The van der Waals surface area contributed by atoms with Crippen LogP contribution in [-0.2, 0) is 16.1 Å². The van der Waals surface area contributed by atoms with Gasteiger partial charge in [-0.25, -0.2) is 8.78 Å². The zero-order chi connectivity index (χ0) is 51.4. The zero-order valence-electron chi connectivity index (χ0n) is 41.5. The topological polar surface area (TPSA) is 180 Å². The number of rotatable bonds is 9. The van der Waals surface area contributed by atoms with E-state index in [1.54, 1.807) is 11.1 Å². The molecule has 6 saturated heterocycles. The summed E-state index contributed by atoms with van der Waals surface area (Å²) in [6, 6.07) is 9.68. The number of halogens is 3. The summed E-state index contributed by atoms with van der Waals surface area (Å²) in [5.74, 6) is 1.27. The second kappa shape index (κ2) is 20.8. The minimum absolute atomic E-state index is 0.0248. The third-order valence-corrected chi connectivity index (χ3v) is 16.8. The number of aromatic hydroxyl groups is 1. The Labute approximate surface area is 433 Å². The van der Waals surface area contributed by atoms with Gasteiger partial charge in [0.2, 0.25) is 11.8 Å². The van der Waals surface area contributed by atoms with Crippen LogP contribution in [0.1, 0.15) is 85.7 Å². The summed E-state index contributed by atoms with van der Waals surface area (Å²) < 4.78 is 37.4. The van der Waals surface area contributed by atoms with Crippen LogP contribution in [0.15, 0.2) is 42.6 Å². The molecule has 3 amide bonds. The number of aromatic nitrogens is 3. The number of aliphatic hydroxyl groups excluding tert-OH is 1. The first-order valence-corrected chi connectivity index (χ1v) is 26.4. The number of piperazine rings is 1. The lowest BCUT2D eigenvalue weighted by Gasteiger charge is -2.38. The molecule has 7 aliphatic heterocycles. The van der Waals surface area contributed by atoms with E-state index in [2.05, 4.69) is 53.2 Å². The largest absolute Gasteiger partial charge is 0.508 e. The van der Waals surface area contributed by atoms with Crippen LogP contribution in [0.3, 0.4) is 0 Å². The molecular formula is C55H61ClF2N10O6. The Bertz CT molecular complexity index is 3060. The number of carbonyl (C=O) groups excluding carboxylic acids is 3. The lowest BCUT2D eigenvalue weighted by molar-refractivity contribution is -0.136. The molecule has 2 aromatic heterocycles. The summed E-state index contributed by atoms with van der Waals surface area (Å²) in [6.07, 6.45) is 15.9. The molecule has 4 unspecified atom stereocenters. The summed E-state index contributed by atoms with van der Waals surface area (Å²) in [5.41, 5.74) is 2.40. The lowest BCUT2D eigenvalue weighted by Crippen LogP contribution is -2.52. The molecule has 9 heterocycles. The van der Waals surface area contributed by atoms with Gasteiger partial charge < -0.3 is 44.8 Å². The molecule has 7 aliphatic rings. The maximum Gasteiger partial charge on any atom is 0.319 e. The third kappa shape index (κ3) is 9.80. The molecule has 0 radical (unpaired) electrons. The first kappa shape index (κ1) is 50.0. The number of amides is 3. The third-order valence-electron chi connectivity index (χ3n) is 16.3. The summed E-state index contributed by atoms with van der Waals surface area (Å²) in [4.78, 5) is 61.3. The molecule has 3 aromatic carbocycles. The van der Waals surface area contributed by atoms with Crippen LogP contribution in [0.25, 0.3) is 32.9 Å². The maximum absolute atomic E-state index is 16.6. The molecule has 19 heteroatoms. The van der Waals surface area contributed by atoms with Crippen molar-refractivity contribution >= 4 is 62.5 Å². The van der Waals surface area contributed by atoms with Crippen molar-refractivity contribution in [3.63, 3.8) is 0 Å². The van der Waals surface area contributed by atoms with Crippen LogP contribution >= 0.6 is 11.6 Å². The summed E-state index contributed by atoms with van der Waals surface area (Å²) in [6.45, 7) is 8.06. The van der Waals surface area contributed by atoms with Crippen molar-refractivity contribution in [3.05, 3.63) is 75.9 Å². The number of hydrogen-bond acceptors (Lipinski definition) is 14. The number of nitrogens with zero attached hydrogens (tertiary/aromatic N) is 8. The molecule has 4 atom stereocenters. The fourth-order valence-corrected chi connectivity index (χ4v) is 12.6. The van der Waals surface area contributed by atoms with Gasteiger partial charge in [0.15, 0.2) is 5.82 Å². The lowest BCUT2D eigenvalue weighted by atomic mass is 9.94. The summed E-state index contributed by atoms with van der Waals surface area (Å²) >= 11 is 6.82. The number of phenolic OH excluding ortho intramolecular Hbond substituents is 1. The number of anilines is 2. The Morgan fingerprint density at radius 1 is 0.905 bits per heavy atom. The number of likely N-dealkylation sites (N-methyl/N-ethyl adjacent to an activating group) is 1. The highest BCUT2D eigenvalue weighted by molar-refractivity contribution is 6.35. The summed E-state index contributed by atoms with van der Waals surface area (Å²) in [5, 5.41) is 28.0. The second-order valence-electron chi connectivity index (χ2n) is 21.1. The normalized spacial score (nSPS) is 23.8. The van der Waals surface area contributed by atoms with Crippen molar-refractivity contribution in [2.45, 2.75) is 101 Å². The van der Waals surface area contributed by atoms with E-state index in [4.69, 9.17) is 27.7 Å². The van der Waals surface area contributed by atoms with Gasteiger partial charge in [-0.1, -0.05) is 23.6 Å². The van der Waals surface area contributed by atoms with Crippen LogP contribution < -0.4 is 25.2 Å². The van der Waals surface area contributed by atoms with E-state index >= 15 is 4.39 Å². The number of carbonyl (C=O) groups is 3. The molecule has 16 nitrogen and oxygen atoms in total. The maximum atomic E-state index is 16.6. The number of piperidine rings is 3. The molecule has 0 aliphatic carbocycles. The van der Waals surface area contributed by atoms with Gasteiger partial charge in [-0.15, -0.1) is 6.42 Å². The van der Waals surface area contributed by atoms with E-state index < -0.39 is 23.6 Å². The molecular weight excluding hydrogens is 970 g/mol. The smallest absolute Gasteiger partial charge is 0.319 e. The highest BCUT2D eigenvalue weighted by Crippen LogP contribution is 2.41. The van der Waals surface area contributed by atoms with E-state index in [1.807, 2.05) is 12.1 Å². The predicted molar refractivity (Wildman–Crippen MR) is 277 cm³/mol. The molecule has 0 saturated carbocycles. The van der Waals surface area contributed by atoms with Gasteiger partial charge in [0, 0.05) is 105 Å². The highest BCUT2D eigenvalue weighted by Gasteiger charge is 2.41. The highest BCUT2D eigenvalue weighted by atomic mass is 35.5. The number of nitrogens with one attached hydrogen (secondary N) is 2. The number of phenols is 1. The SMILES string of the molecule is C#Cc1c(F)ccc2cc(O)cc(-c3ncc4c(N5CC6CCC(C5)N6)nc(OCC5CCCN5C)nc4c3F)c12.O=C1CCC(N2Cc3c(ccc(N4CCC(CN5CCC(O)CC5)CC4)c3Cl)C2=O)C(=O)N1. The standard InChI is InChI=1S/C31H30F2N6O2.C24H31ClN4O4/c1-3-22-25(32)9-6-17-11-21(40)12-23(26(17)22)28-27(33)29-24(13-34-28)30(39-14-18-7-8-19(15-39)35-18)37-31(36-29)41-16-20-5-4-10-38(20)2;25-22-18-14-29(20-3-4-21(31)26-23(20)32)24(33)17(18)1-2-19(22)28-11-5-15(6-12-28)13-27-9-7-16(30)8-10-27/h1,6,9,11-13,18-20,35,40H,4-5,7-8,10,14-16H2,2H3;1-2,15-16,20,30H,3-14H2,(H,26,31,32). The number of imide groups is 1. The Hall–Kier alpha value is -6.23. The van der Waals surface area contributed by atoms with Crippen molar-refractivity contribution in [2.75, 3.05) is 75.8 Å². The van der Waals surface area contributed by atoms with Crippen molar-refractivity contribution in [2.24, 2.45) is 5.92 Å². The quantitative estimate of drug-likeness (QED) is 0.0999. The Kier molecular flexibility index (Phi) is 14.1. The van der Waals surface area contributed by atoms with Gasteiger partial charge in [0.25, 0.3) is 5.91 Å². The van der Waals surface area contributed by atoms with E-state index in [0.717, 1.165) is 115 Å². The van der Waals surface area contributed by atoms with Crippen molar-refractivity contribution in [3.8, 4) is 35.4 Å². The van der Waals surface area contributed by atoms with Crippen LogP contribution in [0, 0.1) is 29.9 Å². The molecule has 5 aromatic rings. The van der Waals surface area contributed by atoms with E-state index in [1.165, 1.54) is 24.3 Å². The van der Waals surface area contributed by atoms with Crippen LogP contribution in [-0.4, -0.2) is 154 Å². The van der Waals surface area contributed by atoms with Crippen molar-refractivity contribution in [1.29, 1.82) is 0 Å². The van der Waals surface area contributed by atoms with Crippen LogP contribution in [0.4, 0.5) is 20.3 Å². The number of terminal acetylenes is 1. The fraction of sp³-hybridized carbons (Fsp3) is 0.491. The van der Waals surface area contributed by atoms with Gasteiger partial charge in [-0.3, -0.25) is 24.7 Å². The number of fused-ring (bicyclic) bond motifs is 5. The first-order valence-electron chi connectivity index (χ1n) is 26.0. The van der Waals surface area contributed by atoms with Gasteiger partial charge >= 0.3 is 6.01 Å². The molecule has 6 fully saturated rings. The van der Waals surface area contributed by atoms with Crippen LogP contribution in [0.2, 0.25) is 5.02 Å². The first-order chi connectivity index (χ1) is 35.8. The van der Waals surface area contributed by atoms with Gasteiger partial charge in [-0.05, 0) is 113 Å².